The predicted octanol–water partition coefficient (Wildman–Crippen LogP) is 3.45. The summed E-state index contributed by atoms with van der Waals surface area (Å²) < 4.78 is 2.13. The fourth-order valence-corrected chi connectivity index (χ4v) is 4.61. The standard InChI is InChI=1S/C23H23IN6O/c1-13-6-3-4-9-17(13)30-16(10-15-8-5-7-14(2)18(15)23(30)31)11-27-22-19(20(24)25)21(26)28-12-29-22/h3-10,12,19,22,25,27H,11H2,1-2H3,(H2,26,28,29). The Labute approximate surface area is 193 Å². The molecule has 8 heteroatoms. The zero-order valence-corrected chi connectivity index (χ0v) is 19.4. The van der Waals surface area contributed by atoms with E-state index >= 15 is 0 Å². The van der Waals surface area contributed by atoms with Crippen molar-refractivity contribution >= 4 is 49.3 Å². The van der Waals surface area contributed by atoms with Gasteiger partial charge in [-0.05, 0) is 65.1 Å². The van der Waals surface area contributed by atoms with E-state index in [1.54, 1.807) is 4.57 Å². The van der Waals surface area contributed by atoms with E-state index in [9.17, 15) is 4.79 Å². The molecule has 0 spiro atoms. The van der Waals surface area contributed by atoms with Crippen LogP contribution in [0, 0.1) is 25.2 Å². The highest BCUT2D eigenvalue weighted by Crippen LogP contribution is 2.22. The van der Waals surface area contributed by atoms with E-state index < -0.39 is 12.1 Å². The molecule has 3 aromatic rings. The maximum atomic E-state index is 13.6. The number of benzene rings is 2. The van der Waals surface area contributed by atoms with Crippen LogP contribution in [0.4, 0.5) is 0 Å². The summed E-state index contributed by atoms with van der Waals surface area (Å²) in [6, 6.07) is 15.8. The van der Waals surface area contributed by atoms with Gasteiger partial charge in [0, 0.05) is 12.2 Å². The number of hydrogen-bond acceptors (Lipinski definition) is 6. The van der Waals surface area contributed by atoms with Gasteiger partial charge in [-0.25, -0.2) is 4.99 Å². The zero-order valence-electron chi connectivity index (χ0n) is 17.3. The van der Waals surface area contributed by atoms with Gasteiger partial charge in [0.2, 0.25) is 0 Å². The molecule has 158 valence electrons. The van der Waals surface area contributed by atoms with Crippen molar-refractivity contribution in [2.45, 2.75) is 26.6 Å². The van der Waals surface area contributed by atoms with Crippen LogP contribution < -0.4 is 16.6 Å². The molecule has 0 saturated carbocycles. The van der Waals surface area contributed by atoms with Gasteiger partial charge in [-0.3, -0.25) is 25.1 Å². The third kappa shape index (κ3) is 4.05. The Morgan fingerprint density at radius 3 is 2.68 bits per heavy atom. The number of halogens is 1. The van der Waals surface area contributed by atoms with Gasteiger partial charge in [0.1, 0.15) is 18.3 Å². The minimum Gasteiger partial charge on any atom is -0.386 e. The Kier molecular flexibility index (Phi) is 6.01. The van der Waals surface area contributed by atoms with Crippen LogP contribution in [-0.4, -0.2) is 26.6 Å². The highest BCUT2D eigenvalue weighted by Gasteiger charge is 2.29. The summed E-state index contributed by atoms with van der Waals surface area (Å²) in [5, 5.41) is 13.0. The van der Waals surface area contributed by atoms with Gasteiger partial charge >= 0.3 is 0 Å². The van der Waals surface area contributed by atoms with E-state index in [1.807, 2.05) is 85.0 Å². The molecule has 4 N–H and O–H groups in total. The van der Waals surface area contributed by atoms with Crippen LogP contribution in [0.25, 0.3) is 16.5 Å². The number of amidine groups is 1. The van der Waals surface area contributed by atoms with E-state index in [4.69, 9.17) is 11.1 Å². The Hall–Kier alpha value is -2.85. The molecule has 4 rings (SSSR count). The third-order valence-electron chi connectivity index (χ3n) is 5.52. The summed E-state index contributed by atoms with van der Waals surface area (Å²) in [5.41, 5.74) is 9.59. The second-order valence-corrected chi connectivity index (χ2v) is 8.73. The molecule has 1 aliphatic heterocycles. The number of nitrogens with two attached hydrogens (primary N) is 1. The minimum atomic E-state index is -0.424. The van der Waals surface area contributed by atoms with Gasteiger partial charge in [0.15, 0.2) is 0 Å². The fraction of sp³-hybridized carbons (Fsp3) is 0.217. The molecule has 2 aromatic carbocycles. The molecule has 7 nitrogen and oxygen atoms in total. The Morgan fingerprint density at radius 1 is 1.19 bits per heavy atom. The highest BCUT2D eigenvalue weighted by atomic mass is 127. The van der Waals surface area contributed by atoms with Crippen LogP contribution in [0.5, 0.6) is 0 Å². The van der Waals surface area contributed by atoms with Gasteiger partial charge in [-0.1, -0.05) is 36.4 Å². The lowest BCUT2D eigenvalue weighted by molar-refractivity contribution is 0.491. The van der Waals surface area contributed by atoms with Crippen molar-refractivity contribution in [1.29, 1.82) is 5.41 Å². The molecule has 1 aromatic heterocycles. The van der Waals surface area contributed by atoms with Crippen LogP contribution in [0.3, 0.4) is 0 Å². The molecular formula is C23H23IN6O. The van der Waals surface area contributed by atoms with Crippen molar-refractivity contribution < 1.29 is 0 Å². The van der Waals surface area contributed by atoms with Crippen LogP contribution in [0.1, 0.15) is 16.8 Å². The highest BCUT2D eigenvalue weighted by molar-refractivity contribution is 14.1. The van der Waals surface area contributed by atoms with E-state index in [2.05, 4.69) is 15.3 Å². The van der Waals surface area contributed by atoms with Crippen molar-refractivity contribution in [3.63, 3.8) is 0 Å². The molecule has 31 heavy (non-hydrogen) atoms. The molecule has 2 heterocycles. The first-order valence-corrected chi connectivity index (χ1v) is 11.0. The molecule has 0 amide bonds. The molecular weight excluding hydrogens is 503 g/mol. The van der Waals surface area contributed by atoms with E-state index in [-0.39, 0.29) is 5.56 Å². The summed E-state index contributed by atoms with van der Waals surface area (Å²) in [4.78, 5) is 22.1. The number of aliphatic imine (C=N–C) groups is 2. The number of aromatic nitrogens is 1. The number of nitrogens with one attached hydrogen (secondary N) is 2. The quantitative estimate of drug-likeness (QED) is 0.350. The number of aryl methyl sites for hydroxylation is 2. The van der Waals surface area contributed by atoms with Crippen LogP contribution in [0.15, 0.2) is 63.3 Å². The maximum absolute atomic E-state index is 13.6. The summed E-state index contributed by atoms with van der Waals surface area (Å²) in [6.07, 6.45) is 0.997. The lowest BCUT2D eigenvalue weighted by Crippen LogP contribution is -2.46. The molecule has 0 radical (unpaired) electrons. The van der Waals surface area contributed by atoms with Gasteiger partial charge in [-0.2, -0.15) is 0 Å². The Balaban J connectivity index is 1.82. The van der Waals surface area contributed by atoms with Crippen molar-refractivity contribution in [3.05, 3.63) is 75.7 Å². The molecule has 1 aliphatic rings. The summed E-state index contributed by atoms with van der Waals surface area (Å²) >= 11 is 1.94. The van der Waals surface area contributed by atoms with Crippen LogP contribution >= 0.6 is 22.6 Å². The minimum absolute atomic E-state index is 0.0480. The number of para-hydroxylation sites is 1. The first-order valence-electron chi connectivity index (χ1n) is 9.91. The van der Waals surface area contributed by atoms with Gasteiger partial charge in [0.05, 0.1) is 20.7 Å². The molecule has 0 bridgehead atoms. The number of fused-ring (bicyclic) bond motifs is 1. The number of hydrogen-bond donors (Lipinski definition) is 3. The summed E-state index contributed by atoms with van der Waals surface area (Å²) in [7, 11) is 0. The van der Waals surface area contributed by atoms with Crippen LogP contribution in [0.2, 0.25) is 0 Å². The van der Waals surface area contributed by atoms with Crippen molar-refractivity contribution in [2.24, 2.45) is 21.6 Å². The summed E-state index contributed by atoms with van der Waals surface area (Å²) in [6.45, 7) is 4.33. The average molecular weight is 526 g/mol. The number of pyridine rings is 1. The fourth-order valence-electron chi connectivity index (χ4n) is 3.95. The topological polar surface area (TPSA) is 109 Å². The summed E-state index contributed by atoms with van der Waals surface area (Å²) in [5.74, 6) is -0.0655. The van der Waals surface area contributed by atoms with Crippen LogP contribution in [-0.2, 0) is 6.54 Å². The molecule has 2 unspecified atom stereocenters. The average Bonchev–Trinajstić information content (AvgIpc) is 2.73. The Bertz CT molecular complexity index is 1290. The molecule has 0 saturated heterocycles. The predicted molar refractivity (Wildman–Crippen MR) is 135 cm³/mol. The third-order valence-corrected chi connectivity index (χ3v) is 6.19. The molecule has 0 fully saturated rings. The monoisotopic (exact) mass is 526 g/mol. The first-order chi connectivity index (χ1) is 14.9. The van der Waals surface area contributed by atoms with Crippen molar-refractivity contribution in [3.8, 4) is 5.69 Å². The number of rotatable bonds is 5. The largest absolute Gasteiger partial charge is 0.386 e. The van der Waals surface area contributed by atoms with Gasteiger partial charge < -0.3 is 5.73 Å². The van der Waals surface area contributed by atoms with Crippen molar-refractivity contribution in [2.75, 3.05) is 0 Å². The maximum Gasteiger partial charge on any atom is 0.263 e. The smallest absolute Gasteiger partial charge is 0.263 e. The zero-order chi connectivity index (χ0) is 22.1. The first kappa shape index (κ1) is 21.4. The SMILES string of the molecule is Cc1ccccc1-n1c(CNC2N=CN=C(N)C2C(=N)I)cc2cccc(C)c2c1=O. The lowest BCUT2D eigenvalue weighted by Gasteiger charge is -2.26. The van der Waals surface area contributed by atoms with E-state index in [1.165, 1.54) is 6.34 Å². The second kappa shape index (κ2) is 8.72. The Morgan fingerprint density at radius 2 is 1.94 bits per heavy atom. The van der Waals surface area contributed by atoms with Gasteiger partial charge in [0.25, 0.3) is 5.56 Å². The van der Waals surface area contributed by atoms with E-state index in [0.717, 1.165) is 27.9 Å². The van der Waals surface area contributed by atoms with Crippen molar-refractivity contribution in [1.82, 2.24) is 9.88 Å². The second-order valence-electron chi connectivity index (χ2n) is 7.57. The lowest BCUT2D eigenvalue weighted by atomic mass is 10.0. The number of nitrogens with zero attached hydrogens (tertiary/aromatic N) is 3. The molecule has 0 aliphatic carbocycles. The normalized spacial score (nSPS) is 18.2. The van der Waals surface area contributed by atoms with Gasteiger partial charge in [-0.15, -0.1) is 0 Å². The molecule has 2 atom stereocenters. The van der Waals surface area contributed by atoms with E-state index in [0.29, 0.717) is 21.5 Å².